The Bertz CT molecular complexity index is 735. The van der Waals surface area contributed by atoms with Gasteiger partial charge in [0, 0.05) is 13.1 Å². The zero-order chi connectivity index (χ0) is 17.8. The molecular weight excluding hydrogens is 320 g/mol. The molecule has 0 spiro atoms. The van der Waals surface area contributed by atoms with Gasteiger partial charge in [0.1, 0.15) is 17.5 Å². The average molecular weight is 342 g/mol. The van der Waals surface area contributed by atoms with Gasteiger partial charge < -0.3 is 19.1 Å². The number of rotatable bonds is 4. The van der Waals surface area contributed by atoms with Crippen LogP contribution >= 0.6 is 0 Å². The summed E-state index contributed by atoms with van der Waals surface area (Å²) in [6, 6.07) is 13.6. The number of benzene rings is 1. The van der Waals surface area contributed by atoms with Crippen molar-refractivity contribution in [3.63, 3.8) is 0 Å². The molecule has 1 aliphatic heterocycles. The van der Waals surface area contributed by atoms with Crippen LogP contribution in [-0.2, 0) is 9.47 Å². The molecule has 1 saturated heterocycles. The smallest absolute Gasteiger partial charge is 0.343 e. The maximum atomic E-state index is 11.8. The van der Waals surface area contributed by atoms with E-state index in [-0.39, 0.29) is 18.1 Å². The number of ether oxygens (including phenoxy) is 3. The summed E-state index contributed by atoms with van der Waals surface area (Å²) in [5.41, 5.74) is 1.45. The zero-order valence-electron chi connectivity index (χ0n) is 14.6. The van der Waals surface area contributed by atoms with Crippen molar-refractivity contribution in [2.24, 2.45) is 0 Å². The lowest BCUT2D eigenvalue weighted by Crippen LogP contribution is -2.43. The second-order valence-electron chi connectivity index (χ2n) is 5.97. The van der Waals surface area contributed by atoms with Crippen molar-refractivity contribution in [2.75, 3.05) is 32.2 Å². The first-order valence-corrected chi connectivity index (χ1v) is 8.21. The van der Waals surface area contributed by atoms with Crippen LogP contribution in [0.2, 0.25) is 0 Å². The van der Waals surface area contributed by atoms with Gasteiger partial charge in [-0.05, 0) is 24.6 Å². The SMILES string of the molecule is COC(=O)c1ccc(N2CC(C)OC(c3ccccc3)C2)nc1OC. The molecule has 0 N–H and O–H groups in total. The van der Waals surface area contributed by atoms with Gasteiger partial charge in [-0.2, -0.15) is 4.98 Å². The van der Waals surface area contributed by atoms with Gasteiger partial charge in [-0.1, -0.05) is 30.3 Å². The van der Waals surface area contributed by atoms with Crippen LogP contribution in [0.4, 0.5) is 5.82 Å². The number of pyridine rings is 1. The average Bonchev–Trinajstić information content (AvgIpc) is 2.67. The number of carbonyl (C=O) groups excluding carboxylic acids is 1. The molecule has 2 unspecified atom stereocenters. The Morgan fingerprint density at radius 1 is 1.16 bits per heavy atom. The number of hydrogen-bond donors (Lipinski definition) is 0. The Hall–Kier alpha value is -2.60. The molecule has 25 heavy (non-hydrogen) atoms. The number of nitrogens with zero attached hydrogens (tertiary/aromatic N) is 2. The minimum atomic E-state index is -0.464. The molecule has 2 heterocycles. The van der Waals surface area contributed by atoms with Gasteiger partial charge in [-0.25, -0.2) is 4.79 Å². The van der Waals surface area contributed by atoms with Gasteiger partial charge in [0.2, 0.25) is 5.88 Å². The highest BCUT2D eigenvalue weighted by molar-refractivity contribution is 5.92. The zero-order valence-corrected chi connectivity index (χ0v) is 14.6. The quantitative estimate of drug-likeness (QED) is 0.796. The topological polar surface area (TPSA) is 60.9 Å². The Labute approximate surface area is 147 Å². The van der Waals surface area contributed by atoms with E-state index in [2.05, 4.69) is 22.0 Å². The lowest BCUT2D eigenvalue weighted by Gasteiger charge is -2.37. The molecule has 0 saturated carbocycles. The van der Waals surface area contributed by atoms with Crippen molar-refractivity contribution in [3.8, 4) is 5.88 Å². The molecule has 1 aromatic heterocycles. The number of hydrogen-bond acceptors (Lipinski definition) is 6. The Morgan fingerprint density at radius 3 is 2.60 bits per heavy atom. The molecule has 0 radical (unpaired) electrons. The minimum absolute atomic E-state index is 0.0296. The molecule has 6 nitrogen and oxygen atoms in total. The molecule has 1 aromatic carbocycles. The number of esters is 1. The van der Waals surface area contributed by atoms with E-state index in [1.807, 2.05) is 31.2 Å². The fourth-order valence-corrected chi connectivity index (χ4v) is 3.02. The van der Waals surface area contributed by atoms with Crippen molar-refractivity contribution < 1.29 is 19.0 Å². The highest BCUT2D eigenvalue weighted by Crippen LogP contribution is 2.29. The second-order valence-corrected chi connectivity index (χ2v) is 5.97. The maximum absolute atomic E-state index is 11.8. The van der Waals surface area contributed by atoms with E-state index >= 15 is 0 Å². The van der Waals surface area contributed by atoms with Gasteiger partial charge in [0.15, 0.2) is 0 Å². The van der Waals surface area contributed by atoms with Crippen molar-refractivity contribution in [1.29, 1.82) is 0 Å². The van der Waals surface area contributed by atoms with Gasteiger partial charge in [0.05, 0.1) is 20.3 Å². The third kappa shape index (κ3) is 3.74. The molecule has 1 aliphatic rings. The van der Waals surface area contributed by atoms with Crippen LogP contribution in [0.15, 0.2) is 42.5 Å². The molecular formula is C19H22N2O4. The van der Waals surface area contributed by atoms with Gasteiger partial charge >= 0.3 is 5.97 Å². The summed E-state index contributed by atoms with van der Waals surface area (Å²) in [7, 11) is 2.83. The lowest BCUT2D eigenvalue weighted by molar-refractivity contribution is -0.0176. The standard InChI is InChI=1S/C19H22N2O4/c1-13-11-21(12-16(25-13)14-7-5-4-6-8-14)17-10-9-15(19(22)24-3)18(20-17)23-2/h4-10,13,16H,11-12H2,1-3H3. The minimum Gasteiger partial charge on any atom is -0.480 e. The molecule has 3 rings (SSSR count). The molecule has 2 atom stereocenters. The van der Waals surface area contributed by atoms with E-state index in [0.717, 1.165) is 17.9 Å². The van der Waals surface area contributed by atoms with Gasteiger partial charge in [0.25, 0.3) is 0 Å². The molecule has 0 aliphatic carbocycles. The van der Waals surface area contributed by atoms with Gasteiger partial charge in [-0.15, -0.1) is 0 Å². The van der Waals surface area contributed by atoms with Crippen LogP contribution in [-0.4, -0.2) is 44.4 Å². The third-order valence-electron chi connectivity index (χ3n) is 4.20. The van der Waals surface area contributed by atoms with Gasteiger partial charge in [-0.3, -0.25) is 0 Å². The van der Waals surface area contributed by atoms with Crippen LogP contribution in [0.5, 0.6) is 5.88 Å². The van der Waals surface area contributed by atoms with Crippen molar-refractivity contribution >= 4 is 11.8 Å². The summed E-state index contributed by atoms with van der Waals surface area (Å²) >= 11 is 0. The summed E-state index contributed by atoms with van der Waals surface area (Å²) < 4.78 is 16.1. The maximum Gasteiger partial charge on any atom is 0.343 e. The van der Waals surface area contributed by atoms with Crippen LogP contribution in [0.1, 0.15) is 28.9 Å². The van der Waals surface area contributed by atoms with Crippen LogP contribution in [0.25, 0.3) is 0 Å². The van der Waals surface area contributed by atoms with Crippen LogP contribution in [0, 0.1) is 0 Å². The second kappa shape index (κ2) is 7.53. The molecule has 1 fully saturated rings. The first-order chi connectivity index (χ1) is 12.1. The number of methoxy groups -OCH3 is 2. The molecule has 132 valence electrons. The van der Waals surface area contributed by atoms with Crippen LogP contribution in [0.3, 0.4) is 0 Å². The Balaban J connectivity index is 1.86. The summed E-state index contributed by atoms with van der Waals surface area (Å²) in [4.78, 5) is 18.4. The number of aromatic nitrogens is 1. The number of morpholine rings is 1. The summed E-state index contributed by atoms with van der Waals surface area (Å²) in [5, 5.41) is 0. The van der Waals surface area contributed by atoms with Crippen LogP contribution < -0.4 is 9.64 Å². The van der Waals surface area contributed by atoms with E-state index < -0.39 is 5.97 Å². The molecule has 6 heteroatoms. The largest absolute Gasteiger partial charge is 0.480 e. The first kappa shape index (κ1) is 17.2. The number of anilines is 1. The van der Waals surface area contributed by atoms with Crippen molar-refractivity contribution in [1.82, 2.24) is 4.98 Å². The van der Waals surface area contributed by atoms with Crippen molar-refractivity contribution in [2.45, 2.75) is 19.1 Å². The third-order valence-corrected chi connectivity index (χ3v) is 4.20. The Morgan fingerprint density at radius 2 is 1.92 bits per heavy atom. The summed E-state index contributed by atoms with van der Waals surface area (Å²) in [5.74, 6) is 0.550. The highest BCUT2D eigenvalue weighted by atomic mass is 16.5. The van der Waals surface area contributed by atoms with Crippen molar-refractivity contribution in [3.05, 3.63) is 53.6 Å². The Kier molecular flexibility index (Phi) is 5.19. The molecule has 0 bridgehead atoms. The summed E-state index contributed by atoms with van der Waals surface area (Å²) in [6.45, 7) is 3.45. The lowest BCUT2D eigenvalue weighted by atomic mass is 10.1. The number of carbonyl (C=O) groups is 1. The first-order valence-electron chi connectivity index (χ1n) is 8.21. The predicted octanol–water partition coefficient (Wildman–Crippen LogP) is 2.84. The summed E-state index contributed by atoms with van der Waals surface area (Å²) in [6.07, 6.45) is 0.0325. The monoisotopic (exact) mass is 342 g/mol. The van der Waals surface area contributed by atoms with E-state index in [0.29, 0.717) is 12.1 Å². The molecule has 2 aromatic rings. The van der Waals surface area contributed by atoms with E-state index in [4.69, 9.17) is 14.2 Å². The van der Waals surface area contributed by atoms with E-state index in [1.54, 1.807) is 6.07 Å². The fourth-order valence-electron chi connectivity index (χ4n) is 3.02. The fraction of sp³-hybridized carbons (Fsp3) is 0.368. The van der Waals surface area contributed by atoms with E-state index in [9.17, 15) is 4.79 Å². The molecule has 0 amide bonds. The predicted molar refractivity (Wildman–Crippen MR) is 94.1 cm³/mol. The highest BCUT2D eigenvalue weighted by Gasteiger charge is 2.28. The normalized spacial score (nSPS) is 20.2. The van der Waals surface area contributed by atoms with E-state index in [1.165, 1.54) is 14.2 Å².